The Bertz CT molecular complexity index is 1060. The van der Waals surface area contributed by atoms with Crippen LogP contribution >= 0.6 is 0 Å². The molecule has 0 saturated heterocycles. The van der Waals surface area contributed by atoms with Crippen LogP contribution in [0.15, 0.2) is 48.6 Å². The first-order valence-electron chi connectivity index (χ1n) is 25.6. The molecule has 348 valence electrons. The molecule has 0 aliphatic carbocycles. The van der Waals surface area contributed by atoms with Gasteiger partial charge in [0.05, 0.1) is 0 Å². The third kappa shape index (κ3) is 46.4. The molecule has 0 aliphatic rings. The number of carbonyl (C=O) groups excluding carboxylic acids is 3. The Morgan fingerprint density at radius 3 is 1.02 bits per heavy atom. The van der Waals surface area contributed by atoms with E-state index in [9.17, 15) is 14.4 Å². The third-order valence-corrected chi connectivity index (χ3v) is 11.1. The molecule has 0 aliphatic heterocycles. The number of rotatable bonds is 46. The van der Waals surface area contributed by atoms with Crippen molar-refractivity contribution in [3.05, 3.63) is 48.6 Å². The average Bonchev–Trinajstić information content (AvgIpc) is 3.24. The quantitative estimate of drug-likeness (QED) is 0.0263. The number of carbonyl (C=O) groups is 3. The van der Waals surface area contributed by atoms with Crippen molar-refractivity contribution in [2.75, 3.05) is 13.2 Å². The molecule has 0 aromatic rings. The highest BCUT2D eigenvalue weighted by Crippen LogP contribution is 2.14. The fourth-order valence-electron chi connectivity index (χ4n) is 7.16. The van der Waals surface area contributed by atoms with Crippen LogP contribution in [-0.2, 0) is 28.6 Å². The molecule has 6 heteroatoms. The lowest BCUT2D eigenvalue weighted by molar-refractivity contribution is -0.167. The van der Waals surface area contributed by atoms with Gasteiger partial charge in [0, 0.05) is 19.3 Å². The Balaban J connectivity index is 4.45. The van der Waals surface area contributed by atoms with E-state index in [0.29, 0.717) is 19.3 Å². The number of hydrogen-bond acceptors (Lipinski definition) is 6. The smallest absolute Gasteiger partial charge is 0.306 e. The molecule has 0 aromatic heterocycles. The number of ether oxygens (including phenoxy) is 3. The normalized spacial score (nSPS) is 12.4. The lowest BCUT2D eigenvalue weighted by atomic mass is 10.0. The molecule has 6 nitrogen and oxygen atoms in total. The van der Waals surface area contributed by atoms with Gasteiger partial charge >= 0.3 is 17.9 Å². The van der Waals surface area contributed by atoms with Crippen molar-refractivity contribution in [3.8, 4) is 0 Å². The molecule has 0 rings (SSSR count). The molecule has 0 unspecified atom stereocenters. The van der Waals surface area contributed by atoms with Crippen LogP contribution in [-0.4, -0.2) is 37.2 Å². The van der Waals surface area contributed by atoms with E-state index in [1.54, 1.807) is 0 Å². The Hall–Kier alpha value is -2.63. The van der Waals surface area contributed by atoms with Crippen molar-refractivity contribution in [1.82, 2.24) is 0 Å². The standard InChI is InChI=1S/C54H96O6/c1-4-7-10-13-16-19-22-25-26-27-28-30-33-36-39-42-45-48-54(57)60-51(49-58-52(55)46-43-40-37-34-31-24-21-18-15-12-9-6-3)50-59-53(56)47-44-41-38-35-32-29-23-20-17-14-11-8-5-2/h20,23,25-26,28,30,36,39,51H,4-19,21-22,24,27,29,31-35,37-38,40-50H2,1-3H3/b23-20-,26-25-,30-28-,39-36-/t51-/m0/s1. The van der Waals surface area contributed by atoms with Gasteiger partial charge in [-0.2, -0.15) is 0 Å². The third-order valence-electron chi connectivity index (χ3n) is 11.1. The lowest BCUT2D eigenvalue weighted by Gasteiger charge is -2.18. The van der Waals surface area contributed by atoms with Crippen molar-refractivity contribution in [3.63, 3.8) is 0 Å². The van der Waals surface area contributed by atoms with E-state index in [-0.39, 0.29) is 37.5 Å². The Labute approximate surface area is 371 Å². The molecule has 0 fully saturated rings. The summed E-state index contributed by atoms with van der Waals surface area (Å²) in [5.74, 6) is -0.950. The number of allylic oxidation sites excluding steroid dienone is 8. The first kappa shape index (κ1) is 57.4. The fraction of sp³-hybridized carbons (Fsp3) is 0.796. The average molecular weight is 841 g/mol. The Morgan fingerprint density at radius 2 is 0.617 bits per heavy atom. The van der Waals surface area contributed by atoms with Gasteiger partial charge < -0.3 is 14.2 Å². The van der Waals surface area contributed by atoms with Gasteiger partial charge in [0.15, 0.2) is 6.10 Å². The maximum absolute atomic E-state index is 12.8. The molecule has 0 bridgehead atoms. The number of unbranched alkanes of at least 4 members (excludes halogenated alkanes) is 27. The number of hydrogen-bond donors (Lipinski definition) is 0. The molecule has 1 atom stereocenters. The summed E-state index contributed by atoms with van der Waals surface area (Å²) in [5.41, 5.74) is 0. The van der Waals surface area contributed by atoms with E-state index in [2.05, 4.69) is 69.4 Å². The molecular weight excluding hydrogens is 745 g/mol. The maximum atomic E-state index is 12.8. The second kappa shape index (κ2) is 49.0. The molecule has 0 radical (unpaired) electrons. The predicted molar refractivity (Wildman–Crippen MR) is 256 cm³/mol. The van der Waals surface area contributed by atoms with Gasteiger partial charge in [-0.1, -0.05) is 211 Å². The zero-order valence-corrected chi connectivity index (χ0v) is 39.7. The first-order valence-corrected chi connectivity index (χ1v) is 25.6. The molecule has 0 heterocycles. The summed E-state index contributed by atoms with van der Waals surface area (Å²) in [6, 6.07) is 0. The van der Waals surface area contributed by atoms with E-state index in [1.807, 2.05) is 0 Å². The molecular formula is C54H96O6. The Morgan fingerprint density at radius 1 is 0.333 bits per heavy atom. The van der Waals surface area contributed by atoms with E-state index in [1.165, 1.54) is 148 Å². The molecule has 60 heavy (non-hydrogen) atoms. The van der Waals surface area contributed by atoms with Gasteiger partial charge in [-0.05, 0) is 77.0 Å². The van der Waals surface area contributed by atoms with Crippen molar-refractivity contribution in [2.24, 2.45) is 0 Å². The van der Waals surface area contributed by atoms with Crippen LogP contribution in [0, 0.1) is 0 Å². The summed E-state index contributed by atoms with van der Waals surface area (Å²) in [6.07, 6.45) is 58.1. The van der Waals surface area contributed by atoms with Crippen LogP contribution < -0.4 is 0 Å². The molecule has 0 saturated carbocycles. The Kier molecular flexibility index (Phi) is 46.9. The van der Waals surface area contributed by atoms with E-state index >= 15 is 0 Å². The van der Waals surface area contributed by atoms with Crippen molar-refractivity contribution in [1.29, 1.82) is 0 Å². The van der Waals surface area contributed by atoms with Gasteiger partial charge in [0.2, 0.25) is 0 Å². The van der Waals surface area contributed by atoms with Gasteiger partial charge in [-0.3, -0.25) is 14.4 Å². The van der Waals surface area contributed by atoms with Gasteiger partial charge in [-0.15, -0.1) is 0 Å². The van der Waals surface area contributed by atoms with E-state index in [4.69, 9.17) is 14.2 Å². The van der Waals surface area contributed by atoms with Crippen molar-refractivity contribution >= 4 is 17.9 Å². The first-order chi connectivity index (χ1) is 29.5. The highest BCUT2D eigenvalue weighted by atomic mass is 16.6. The summed E-state index contributed by atoms with van der Waals surface area (Å²) in [6.45, 7) is 6.57. The predicted octanol–water partition coefficient (Wildman–Crippen LogP) is 16.7. The van der Waals surface area contributed by atoms with Crippen LogP contribution in [0.2, 0.25) is 0 Å². The zero-order chi connectivity index (χ0) is 43.7. The van der Waals surface area contributed by atoms with Crippen molar-refractivity contribution < 1.29 is 28.6 Å². The lowest BCUT2D eigenvalue weighted by Crippen LogP contribution is -2.30. The monoisotopic (exact) mass is 841 g/mol. The van der Waals surface area contributed by atoms with E-state index in [0.717, 1.165) is 64.2 Å². The summed E-state index contributed by atoms with van der Waals surface area (Å²) in [7, 11) is 0. The van der Waals surface area contributed by atoms with E-state index < -0.39 is 6.10 Å². The highest BCUT2D eigenvalue weighted by molar-refractivity contribution is 5.71. The van der Waals surface area contributed by atoms with Crippen LogP contribution in [0.3, 0.4) is 0 Å². The van der Waals surface area contributed by atoms with Crippen LogP contribution in [0.25, 0.3) is 0 Å². The molecule has 0 N–H and O–H groups in total. The van der Waals surface area contributed by atoms with Gasteiger partial charge in [0.25, 0.3) is 0 Å². The summed E-state index contributed by atoms with van der Waals surface area (Å²) >= 11 is 0. The molecule has 0 amide bonds. The highest BCUT2D eigenvalue weighted by Gasteiger charge is 2.19. The largest absolute Gasteiger partial charge is 0.462 e. The second-order valence-corrected chi connectivity index (χ2v) is 17.1. The minimum atomic E-state index is -0.799. The second-order valence-electron chi connectivity index (χ2n) is 17.1. The minimum absolute atomic E-state index is 0.0935. The SMILES string of the molecule is CCCCCC/C=C\CCCCCCCC(=O)OC[C@H](COC(=O)CCCCCCCCCCCCCC)OC(=O)CCC/C=C\C/C=C\C/C=C\CCCCCCCC. The van der Waals surface area contributed by atoms with Crippen LogP contribution in [0.1, 0.15) is 258 Å². The topological polar surface area (TPSA) is 78.9 Å². The molecule has 0 spiro atoms. The summed E-state index contributed by atoms with van der Waals surface area (Å²) in [4.78, 5) is 37.9. The van der Waals surface area contributed by atoms with Gasteiger partial charge in [-0.25, -0.2) is 0 Å². The fourth-order valence-corrected chi connectivity index (χ4v) is 7.16. The number of esters is 3. The molecule has 0 aromatic carbocycles. The van der Waals surface area contributed by atoms with Crippen molar-refractivity contribution in [2.45, 2.75) is 264 Å². The van der Waals surface area contributed by atoms with Crippen LogP contribution in [0.4, 0.5) is 0 Å². The summed E-state index contributed by atoms with van der Waals surface area (Å²) in [5, 5.41) is 0. The van der Waals surface area contributed by atoms with Gasteiger partial charge in [0.1, 0.15) is 13.2 Å². The summed E-state index contributed by atoms with van der Waals surface area (Å²) < 4.78 is 16.7. The maximum Gasteiger partial charge on any atom is 0.306 e. The minimum Gasteiger partial charge on any atom is -0.462 e. The van der Waals surface area contributed by atoms with Crippen LogP contribution in [0.5, 0.6) is 0 Å². The zero-order valence-electron chi connectivity index (χ0n) is 39.7.